The van der Waals surface area contributed by atoms with Crippen molar-refractivity contribution >= 4 is 6.03 Å². The van der Waals surface area contributed by atoms with Gasteiger partial charge in [0.1, 0.15) is 0 Å². The molecule has 0 saturated carbocycles. The fourth-order valence-electron chi connectivity index (χ4n) is 2.69. The van der Waals surface area contributed by atoms with Crippen LogP contribution in [0.25, 0.3) is 0 Å². The molecule has 2 amide bonds. The van der Waals surface area contributed by atoms with Gasteiger partial charge >= 0.3 is 18.4 Å². The van der Waals surface area contributed by atoms with Crippen LogP contribution in [0.4, 0.5) is 31.1 Å². The van der Waals surface area contributed by atoms with Gasteiger partial charge in [0.15, 0.2) is 0 Å². The first-order valence-corrected chi connectivity index (χ1v) is 9.98. The van der Waals surface area contributed by atoms with Crippen LogP contribution >= 0.6 is 0 Å². The Morgan fingerprint density at radius 2 is 1.43 bits per heavy atom. The molecule has 1 aliphatic heterocycles. The number of piperidine rings is 1. The molecule has 1 saturated heterocycles. The quantitative estimate of drug-likeness (QED) is 0.541. The minimum Gasteiger partial charge on any atom is -0.338 e. The molecule has 1 aromatic carbocycles. The molecule has 3 N–H and O–H groups in total. The van der Waals surface area contributed by atoms with Crippen molar-refractivity contribution in [3.63, 3.8) is 0 Å². The van der Waals surface area contributed by atoms with Crippen LogP contribution in [0.3, 0.4) is 0 Å². The Bertz CT molecular complexity index is 621. The van der Waals surface area contributed by atoms with Gasteiger partial charge in [-0.1, -0.05) is 26.7 Å². The minimum atomic E-state index is -4.91. The van der Waals surface area contributed by atoms with Gasteiger partial charge in [0.05, 0.1) is 11.1 Å². The number of unbranched alkanes of at least 4 members (excludes halogenated alkanes) is 1. The molecule has 2 rings (SSSR count). The molecule has 0 aromatic heterocycles. The summed E-state index contributed by atoms with van der Waals surface area (Å²) in [5.74, 6) is 0.299. The Balaban J connectivity index is 0.00000103. The lowest BCUT2D eigenvalue weighted by molar-refractivity contribution is -0.143. The molecule has 0 radical (unpaired) electrons. The van der Waals surface area contributed by atoms with Crippen molar-refractivity contribution in [1.29, 1.82) is 0 Å². The van der Waals surface area contributed by atoms with Crippen LogP contribution in [0.5, 0.6) is 0 Å². The molecular weight excluding hydrogens is 412 g/mol. The van der Waals surface area contributed by atoms with E-state index < -0.39 is 36.1 Å². The van der Waals surface area contributed by atoms with Crippen molar-refractivity contribution in [1.82, 2.24) is 16.0 Å². The lowest BCUT2D eigenvalue weighted by atomic mass is 9.98. The predicted molar refractivity (Wildman–Crippen MR) is 103 cm³/mol. The summed E-state index contributed by atoms with van der Waals surface area (Å²) in [6.07, 6.45) is -5.40. The predicted octanol–water partition coefficient (Wildman–Crippen LogP) is 5.33. The van der Waals surface area contributed by atoms with Crippen LogP contribution in [0.1, 0.15) is 56.2 Å². The highest BCUT2D eigenvalue weighted by molar-refractivity contribution is 5.73. The number of carbonyl (C=O) groups excluding carboxylic acids is 1. The number of hydrogen-bond acceptors (Lipinski definition) is 2. The van der Waals surface area contributed by atoms with Crippen LogP contribution < -0.4 is 16.0 Å². The highest BCUT2D eigenvalue weighted by Gasteiger charge is 2.36. The normalized spacial score (nSPS) is 15.2. The van der Waals surface area contributed by atoms with E-state index >= 15 is 0 Å². The molecule has 1 heterocycles. The second kappa shape index (κ2) is 12.0. The van der Waals surface area contributed by atoms with E-state index in [-0.39, 0.29) is 11.6 Å². The number of benzene rings is 1. The van der Waals surface area contributed by atoms with E-state index in [1.54, 1.807) is 0 Å². The van der Waals surface area contributed by atoms with Gasteiger partial charge in [-0.3, -0.25) is 0 Å². The van der Waals surface area contributed by atoms with Gasteiger partial charge in [-0.2, -0.15) is 26.3 Å². The highest BCUT2D eigenvalue weighted by Crippen LogP contribution is 2.36. The standard InChI is InChI=1S/C16H19F6N3O.C4H10/c17-15(18,19)12-5-11(6-13(7-12)16(20,21)22)9-25-14(26)24-8-10-1-3-23-4-2-10;1-3-4-2/h5-7,10,23H,1-4,8-9H2,(H2,24,25,26);3-4H2,1-2H3. The van der Waals surface area contributed by atoms with E-state index in [4.69, 9.17) is 0 Å². The summed E-state index contributed by atoms with van der Waals surface area (Å²) >= 11 is 0. The van der Waals surface area contributed by atoms with E-state index in [0.29, 0.717) is 24.6 Å². The second-order valence-corrected chi connectivity index (χ2v) is 7.17. The molecule has 1 aromatic rings. The summed E-state index contributed by atoms with van der Waals surface area (Å²) in [7, 11) is 0. The number of nitrogens with one attached hydrogen (secondary N) is 3. The number of halogens is 6. The van der Waals surface area contributed by atoms with Gasteiger partial charge in [-0.05, 0) is 55.6 Å². The van der Waals surface area contributed by atoms with E-state index in [9.17, 15) is 31.1 Å². The summed E-state index contributed by atoms with van der Waals surface area (Å²) in [5.41, 5.74) is -3.08. The molecule has 30 heavy (non-hydrogen) atoms. The van der Waals surface area contributed by atoms with Crippen LogP contribution in [0.15, 0.2) is 18.2 Å². The van der Waals surface area contributed by atoms with E-state index in [2.05, 4.69) is 29.8 Å². The first kappa shape index (κ1) is 26.1. The van der Waals surface area contributed by atoms with Gasteiger partial charge in [0.25, 0.3) is 0 Å². The third-order valence-electron chi connectivity index (χ3n) is 4.61. The Labute approximate surface area is 172 Å². The van der Waals surface area contributed by atoms with Crippen LogP contribution in [0.2, 0.25) is 0 Å². The molecule has 1 fully saturated rings. The zero-order valence-electron chi connectivity index (χ0n) is 17.1. The summed E-state index contributed by atoms with van der Waals surface area (Å²) in [6, 6.07) is 0.625. The summed E-state index contributed by atoms with van der Waals surface area (Å²) in [4.78, 5) is 11.7. The number of urea groups is 1. The molecule has 4 nitrogen and oxygen atoms in total. The third-order valence-corrected chi connectivity index (χ3v) is 4.61. The van der Waals surface area contributed by atoms with Crippen LogP contribution in [-0.2, 0) is 18.9 Å². The number of carbonyl (C=O) groups is 1. The molecule has 10 heteroatoms. The largest absolute Gasteiger partial charge is 0.416 e. The monoisotopic (exact) mass is 441 g/mol. The molecule has 0 spiro atoms. The fourth-order valence-corrected chi connectivity index (χ4v) is 2.69. The van der Waals surface area contributed by atoms with E-state index in [1.807, 2.05) is 0 Å². The van der Waals surface area contributed by atoms with E-state index in [0.717, 1.165) is 25.9 Å². The van der Waals surface area contributed by atoms with E-state index in [1.165, 1.54) is 12.8 Å². The molecule has 172 valence electrons. The Kier molecular flexibility index (Phi) is 10.4. The van der Waals surface area contributed by atoms with Crippen molar-refractivity contribution in [2.75, 3.05) is 19.6 Å². The molecule has 0 atom stereocenters. The SMILES string of the molecule is CCCC.O=C(NCc1cc(C(F)(F)F)cc(C(F)(F)F)c1)NCC1CCNCC1. The smallest absolute Gasteiger partial charge is 0.338 e. The summed E-state index contributed by atoms with van der Waals surface area (Å²) in [6.45, 7) is 6.02. The first-order valence-electron chi connectivity index (χ1n) is 9.98. The van der Waals surface area contributed by atoms with Gasteiger partial charge in [-0.25, -0.2) is 4.79 Å². The molecule has 0 aliphatic carbocycles. The lowest BCUT2D eigenvalue weighted by Crippen LogP contribution is -2.40. The maximum atomic E-state index is 12.8. The maximum absolute atomic E-state index is 12.8. The molecule has 0 unspecified atom stereocenters. The second-order valence-electron chi connectivity index (χ2n) is 7.17. The van der Waals surface area contributed by atoms with Gasteiger partial charge < -0.3 is 16.0 Å². The third kappa shape index (κ3) is 9.69. The Hall–Kier alpha value is -1.97. The minimum absolute atomic E-state index is 0.0562. The number of amides is 2. The van der Waals surface area contributed by atoms with Crippen molar-refractivity contribution < 1.29 is 31.1 Å². The number of alkyl halides is 6. The van der Waals surface area contributed by atoms with Crippen molar-refractivity contribution in [2.45, 2.75) is 58.4 Å². The Morgan fingerprint density at radius 1 is 0.933 bits per heavy atom. The Morgan fingerprint density at radius 3 is 1.87 bits per heavy atom. The topological polar surface area (TPSA) is 53.2 Å². The highest BCUT2D eigenvalue weighted by atomic mass is 19.4. The average molecular weight is 441 g/mol. The van der Waals surface area contributed by atoms with Crippen LogP contribution in [0, 0.1) is 5.92 Å². The number of hydrogen-bond donors (Lipinski definition) is 3. The molecule has 0 bridgehead atoms. The van der Waals surface area contributed by atoms with Crippen LogP contribution in [-0.4, -0.2) is 25.7 Å². The summed E-state index contributed by atoms with van der Waals surface area (Å²) < 4.78 is 76.7. The maximum Gasteiger partial charge on any atom is 0.416 e. The number of rotatable bonds is 5. The summed E-state index contributed by atoms with van der Waals surface area (Å²) in [5, 5.41) is 8.06. The van der Waals surface area contributed by atoms with Crippen molar-refractivity contribution in [3.8, 4) is 0 Å². The van der Waals surface area contributed by atoms with Gasteiger partial charge in [0, 0.05) is 13.1 Å². The molecular formula is C20H29F6N3O. The van der Waals surface area contributed by atoms with Crippen molar-refractivity contribution in [2.24, 2.45) is 5.92 Å². The lowest BCUT2D eigenvalue weighted by Gasteiger charge is -2.22. The average Bonchev–Trinajstić information content (AvgIpc) is 2.70. The van der Waals surface area contributed by atoms with Gasteiger partial charge in [0.2, 0.25) is 0 Å². The zero-order chi connectivity index (χ0) is 22.8. The molecule has 1 aliphatic rings. The fraction of sp³-hybridized carbons (Fsp3) is 0.650. The first-order chi connectivity index (χ1) is 14.0. The van der Waals surface area contributed by atoms with Crippen molar-refractivity contribution in [3.05, 3.63) is 34.9 Å². The van der Waals surface area contributed by atoms with Gasteiger partial charge in [-0.15, -0.1) is 0 Å². The zero-order valence-corrected chi connectivity index (χ0v) is 17.1.